The van der Waals surface area contributed by atoms with E-state index in [1.807, 2.05) is 13.8 Å². The van der Waals surface area contributed by atoms with Gasteiger partial charge in [-0.3, -0.25) is 4.79 Å². The van der Waals surface area contributed by atoms with Gasteiger partial charge in [-0.15, -0.1) is 11.8 Å². The second-order valence-corrected chi connectivity index (χ2v) is 5.99. The molecule has 5 nitrogen and oxygen atoms in total. The van der Waals surface area contributed by atoms with Crippen molar-refractivity contribution in [2.75, 3.05) is 12.3 Å². The molecule has 6 heteroatoms. The molecule has 0 bridgehead atoms. The highest BCUT2D eigenvalue weighted by Crippen LogP contribution is 2.32. The molecule has 19 heavy (non-hydrogen) atoms. The van der Waals surface area contributed by atoms with Gasteiger partial charge in [-0.1, -0.05) is 5.16 Å². The van der Waals surface area contributed by atoms with Crippen molar-refractivity contribution in [3.05, 3.63) is 17.0 Å². The summed E-state index contributed by atoms with van der Waals surface area (Å²) in [6.07, 6.45) is 1.78. The van der Waals surface area contributed by atoms with Gasteiger partial charge in [-0.2, -0.15) is 0 Å². The molecule has 0 saturated heterocycles. The fraction of sp³-hybridized carbons (Fsp3) is 0.692. The fourth-order valence-corrected chi connectivity index (χ4v) is 2.88. The predicted octanol–water partition coefficient (Wildman–Crippen LogP) is 1.41. The molecule has 1 saturated carbocycles. The smallest absolute Gasteiger partial charge is 0.230 e. The molecule has 0 radical (unpaired) electrons. The molecule has 1 atom stereocenters. The zero-order chi connectivity index (χ0) is 13.8. The number of carbonyl (C=O) groups excluding carboxylic acids is 1. The first-order valence-electron chi connectivity index (χ1n) is 6.52. The van der Waals surface area contributed by atoms with Gasteiger partial charge in [0, 0.05) is 17.9 Å². The van der Waals surface area contributed by atoms with E-state index in [0.717, 1.165) is 35.6 Å². The molecule has 2 N–H and O–H groups in total. The Morgan fingerprint density at radius 1 is 1.58 bits per heavy atom. The van der Waals surface area contributed by atoms with E-state index in [0.29, 0.717) is 18.2 Å². The lowest BCUT2D eigenvalue weighted by Crippen LogP contribution is -2.34. The highest BCUT2D eigenvalue weighted by molar-refractivity contribution is 7.99. The topological polar surface area (TPSA) is 75.4 Å². The fourth-order valence-electron chi connectivity index (χ4n) is 1.87. The maximum absolute atomic E-state index is 11.6. The first-order valence-corrected chi connectivity index (χ1v) is 7.67. The summed E-state index contributed by atoms with van der Waals surface area (Å²) in [6, 6.07) is 0. The number of rotatable bonds is 7. The van der Waals surface area contributed by atoms with Crippen LogP contribution in [-0.2, 0) is 10.5 Å². The van der Waals surface area contributed by atoms with Gasteiger partial charge in [0.15, 0.2) is 0 Å². The number of nitrogens with zero attached hydrogens (tertiary/aromatic N) is 1. The van der Waals surface area contributed by atoms with Crippen LogP contribution in [-0.4, -0.2) is 34.6 Å². The van der Waals surface area contributed by atoms with Crippen molar-refractivity contribution in [2.45, 2.75) is 38.5 Å². The normalized spacial score (nSPS) is 16.4. The highest BCUT2D eigenvalue weighted by atomic mass is 32.2. The Morgan fingerprint density at radius 3 is 2.89 bits per heavy atom. The molecule has 1 aliphatic carbocycles. The lowest BCUT2D eigenvalue weighted by atomic mass is 10.2. The molecule has 0 aliphatic heterocycles. The van der Waals surface area contributed by atoms with Crippen LogP contribution in [0.3, 0.4) is 0 Å². The summed E-state index contributed by atoms with van der Waals surface area (Å²) < 4.78 is 5.07. The van der Waals surface area contributed by atoms with E-state index in [2.05, 4.69) is 10.5 Å². The third-order valence-corrected chi connectivity index (χ3v) is 4.29. The van der Waals surface area contributed by atoms with Crippen molar-refractivity contribution in [1.29, 1.82) is 0 Å². The average Bonchev–Trinajstić information content (AvgIpc) is 3.18. The van der Waals surface area contributed by atoms with Crippen LogP contribution in [0.4, 0.5) is 0 Å². The van der Waals surface area contributed by atoms with Crippen molar-refractivity contribution < 1.29 is 14.4 Å². The quantitative estimate of drug-likeness (QED) is 0.792. The summed E-state index contributed by atoms with van der Waals surface area (Å²) in [5, 5.41) is 16.3. The number of amides is 1. The van der Waals surface area contributed by atoms with E-state index in [9.17, 15) is 9.90 Å². The van der Waals surface area contributed by atoms with E-state index < -0.39 is 0 Å². The standard InChI is InChI=1S/C13H20N2O3S/c1-8-11(9(2)18-15-8)6-19-7-13(17)14-5-12(16)10-3-4-10/h10,12,16H,3-7H2,1-2H3,(H,14,17). The third-order valence-electron chi connectivity index (χ3n) is 3.34. The molecule has 106 valence electrons. The Morgan fingerprint density at radius 2 is 2.32 bits per heavy atom. The number of aromatic nitrogens is 1. The summed E-state index contributed by atoms with van der Waals surface area (Å²) in [6.45, 7) is 4.15. The van der Waals surface area contributed by atoms with E-state index in [1.165, 1.54) is 11.8 Å². The summed E-state index contributed by atoms with van der Waals surface area (Å²) in [4.78, 5) is 11.6. The lowest BCUT2D eigenvalue weighted by molar-refractivity contribution is -0.119. The minimum Gasteiger partial charge on any atom is -0.391 e. The minimum atomic E-state index is -0.378. The number of nitrogens with one attached hydrogen (secondary N) is 1. The van der Waals surface area contributed by atoms with Gasteiger partial charge in [-0.25, -0.2) is 0 Å². The molecule has 0 spiro atoms. The predicted molar refractivity (Wildman–Crippen MR) is 73.9 cm³/mol. The summed E-state index contributed by atoms with van der Waals surface area (Å²) in [7, 11) is 0. The van der Waals surface area contributed by atoms with Crippen molar-refractivity contribution in [3.8, 4) is 0 Å². The van der Waals surface area contributed by atoms with E-state index in [4.69, 9.17) is 4.52 Å². The van der Waals surface area contributed by atoms with Crippen LogP contribution in [0.1, 0.15) is 29.9 Å². The second kappa shape index (κ2) is 6.43. The number of hydrogen-bond donors (Lipinski definition) is 2. The SMILES string of the molecule is Cc1noc(C)c1CSCC(=O)NCC(O)C1CC1. The maximum Gasteiger partial charge on any atom is 0.230 e. The van der Waals surface area contributed by atoms with Gasteiger partial charge >= 0.3 is 0 Å². The summed E-state index contributed by atoms with van der Waals surface area (Å²) in [5.41, 5.74) is 1.95. The van der Waals surface area contributed by atoms with Crippen LogP contribution in [0.2, 0.25) is 0 Å². The second-order valence-electron chi connectivity index (χ2n) is 5.00. The molecule has 1 aromatic rings. The third kappa shape index (κ3) is 4.24. The molecule has 0 aromatic carbocycles. The molecule has 1 heterocycles. The van der Waals surface area contributed by atoms with Gasteiger partial charge in [0.05, 0.1) is 17.6 Å². The number of thioether (sulfide) groups is 1. The first-order chi connectivity index (χ1) is 9.08. The van der Waals surface area contributed by atoms with Crippen molar-refractivity contribution in [3.63, 3.8) is 0 Å². The lowest BCUT2D eigenvalue weighted by Gasteiger charge is -2.10. The zero-order valence-electron chi connectivity index (χ0n) is 11.3. The highest BCUT2D eigenvalue weighted by Gasteiger charge is 2.29. The number of aryl methyl sites for hydroxylation is 2. The largest absolute Gasteiger partial charge is 0.391 e. The Kier molecular flexibility index (Phi) is 4.87. The van der Waals surface area contributed by atoms with E-state index >= 15 is 0 Å². The number of carbonyl (C=O) groups is 1. The van der Waals surface area contributed by atoms with E-state index in [-0.39, 0.29) is 12.0 Å². The molecule has 1 aromatic heterocycles. The maximum atomic E-state index is 11.6. The molecule has 1 amide bonds. The van der Waals surface area contributed by atoms with Gasteiger partial charge in [0.25, 0.3) is 0 Å². The van der Waals surface area contributed by atoms with Gasteiger partial charge in [0.2, 0.25) is 5.91 Å². The van der Waals surface area contributed by atoms with Crippen molar-refractivity contribution in [2.24, 2.45) is 5.92 Å². The average molecular weight is 284 g/mol. The van der Waals surface area contributed by atoms with Gasteiger partial charge in [0.1, 0.15) is 5.76 Å². The molecule has 2 rings (SSSR count). The van der Waals surface area contributed by atoms with Crippen LogP contribution >= 0.6 is 11.8 Å². The van der Waals surface area contributed by atoms with Crippen LogP contribution in [0, 0.1) is 19.8 Å². The molecular weight excluding hydrogens is 264 g/mol. The molecule has 1 aliphatic rings. The Labute approximate surface area is 117 Å². The van der Waals surface area contributed by atoms with Crippen LogP contribution < -0.4 is 5.32 Å². The Bertz CT molecular complexity index is 424. The van der Waals surface area contributed by atoms with Crippen molar-refractivity contribution in [1.82, 2.24) is 10.5 Å². The van der Waals surface area contributed by atoms with Gasteiger partial charge < -0.3 is 14.9 Å². The zero-order valence-corrected chi connectivity index (χ0v) is 12.1. The molecule has 1 unspecified atom stereocenters. The monoisotopic (exact) mass is 284 g/mol. The molecule has 1 fully saturated rings. The van der Waals surface area contributed by atoms with Crippen LogP contribution in [0.15, 0.2) is 4.52 Å². The van der Waals surface area contributed by atoms with Crippen LogP contribution in [0.25, 0.3) is 0 Å². The Hall–Kier alpha value is -1.01. The van der Waals surface area contributed by atoms with Crippen LogP contribution in [0.5, 0.6) is 0 Å². The van der Waals surface area contributed by atoms with Gasteiger partial charge in [-0.05, 0) is 32.6 Å². The minimum absolute atomic E-state index is 0.0311. The summed E-state index contributed by atoms with van der Waals surface area (Å²) >= 11 is 1.53. The molecular formula is C13H20N2O3S. The summed E-state index contributed by atoms with van der Waals surface area (Å²) in [5.74, 6) is 2.29. The number of aliphatic hydroxyl groups excluding tert-OH is 1. The number of hydrogen-bond acceptors (Lipinski definition) is 5. The first kappa shape index (κ1) is 14.4. The number of aliphatic hydroxyl groups is 1. The Balaban J connectivity index is 1.63. The van der Waals surface area contributed by atoms with E-state index in [1.54, 1.807) is 0 Å². The van der Waals surface area contributed by atoms with Crippen molar-refractivity contribution >= 4 is 17.7 Å².